The van der Waals surface area contributed by atoms with E-state index in [0.717, 1.165) is 0 Å². The molecule has 0 spiro atoms. The molecule has 0 bridgehead atoms. The molecular weight excluding hydrogens is 224 g/mol. The minimum Gasteiger partial charge on any atom is -0.215 e. The van der Waals surface area contributed by atoms with Crippen LogP contribution in [0.15, 0.2) is 0 Å². The molecule has 0 aromatic carbocycles. The molecule has 0 N–H and O–H groups in total. The first-order chi connectivity index (χ1) is 6.29. The Bertz CT molecular complexity index is 470. The van der Waals surface area contributed by atoms with Gasteiger partial charge in [0, 0.05) is 10.5 Å². The maximum absolute atomic E-state index is 11.2. The van der Waals surface area contributed by atoms with Crippen LogP contribution in [0.4, 0.5) is 0 Å². The summed E-state index contributed by atoms with van der Waals surface area (Å²) in [5, 5.41) is 2.00. The third kappa shape index (κ3) is 3.41. The lowest BCUT2D eigenvalue weighted by atomic mass is 10.4. The quantitative estimate of drug-likeness (QED) is 0.498. The number of hydrogen-bond acceptors (Lipinski definition) is 4. The monoisotopic (exact) mass is 234 g/mol. The first-order valence-corrected chi connectivity index (χ1v) is 6.90. The maximum Gasteiger partial charge on any atom is 0.220 e. The van der Waals surface area contributed by atoms with Gasteiger partial charge in [-0.2, -0.15) is 0 Å². The summed E-state index contributed by atoms with van der Waals surface area (Å²) in [7, 11) is -7.57. The van der Waals surface area contributed by atoms with E-state index >= 15 is 0 Å². The number of sulfone groups is 2. The van der Waals surface area contributed by atoms with E-state index in [0.29, 0.717) is 0 Å². The minimum absolute atomic E-state index is 0.118. The van der Waals surface area contributed by atoms with Gasteiger partial charge in [0.2, 0.25) is 19.7 Å². The Kier molecular flexibility index (Phi) is 4.18. The van der Waals surface area contributed by atoms with E-state index in [9.17, 15) is 16.8 Å². The van der Waals surface area contributed by atoms with Gasteiger partial charge in [-0.25, -0.2) is 16.8 Å². The van der Waals surface area contributed by atoms with Gasteiger partial charge in [0.05, 0.1) is 11.0 Å². The van der Waals surface area contributed by atoms with Gasteiger partial charge in [0.1, 0.15) is 0 Å². The molecule has 0 aliphatic carbocycles. The van der Waals surface area contributed by atoms with Crippen LogP contribution in [0.2, 0.25) is 0 Å². The first kappa shape index (κ1) is 13.0. The second-order valence-corrected chi connectivity index (χ2v) is 6.38. The Morgan fingerprint density at radius 3 is 1.93 bits per heavy atom. The molecule has 0 aromatic rings. The predicted octanol–water partition coefficient (Wildman–Crippen LogP) is -0.224. The van der Waals surface area contributed by atoms with Crippen LogP contribution in [0.5, 0.6) is 0 Å². The van der Waals surface area contributed by atoms with Gasteiger partial charge in [-0.05, 0) is 6.42 Å². The van der Waals surface area contributed by atoms with E-state index in [4.69, 9.17) is 12.8 Å². The standard InChI is InChI=1S/C8H10O4S2/c1-4-8(14(11,12)6-3)7-13(9,10)5-2/h2-3,8H,4,7H2,1H3. The van der Waals surface area contributed by atoms with Crippen LogP contribution in [-0.4, -0.2) is 27.8 Å². The Morgan fingerprint density at radius 2 is 1.64 bits per heavy atom. The van der Waals surface area contributed by atoms with Crippen molar-refractivity contribution < 1.29 is 16.8 Å². The molecule has 0 aliphatic heterocycles. The molecule has 1 unspecified atom stereocenters. The summed E-state index contributed by atoms with van der Waals surface area (Å²) in [6.07, 6.45) is 9.59. The molecule has 0 radical (unpaired) electrons. The normalized spacial score (nSPS) is 13.9. The van der Waals surface area contributed by atoms with E-state index in [-0.39, 0.29) is 6.42 Å². The number of hydrogen-bond donors (Lipinski definition) is 0. The molecular formula is C8H10O4S2. The molecule has 0 amide bonds. The van der Waals surface area contributed by atoms with Gasteiger partial charge in [-0.3, -0.25) is 0 Å². The molecule has 0 fully saturated rings. The van der Waals surface area contributed by atoms with Gasteiger partial charge >= 0.3 is 0 Å². The van der Waals surface area contributed by atoms with Crippen molar-refractivity contribution in [3.63, 3.8) is 0 Å². The van der Waals surface area contributed by atoms with Crippen LogP contribution >= 0.6 is 0 Å². The SMILES string of the molecule is C#CS(=O)(=O)CC(CC)S(=O)(=O)C#C. The lowest BCUT2D eigenvalue weighted by Crippen LogP contribution is -2.27. The van der Waals surface area contributed by atoms with Crippen molar-refractivity contribution in [1.29, 1.82) is 0 Å². The molecule has 0 heterocycles. The van der Waals surface area contributed by atoms with Crippen LogP contribution < -0.4 is 0 Å². The average Bonchev–Trinajstić information content (AvgIpc) is 2.14. The summed E-state index contributed by atoms with van der Waals surface area (Å²) in [5.41, 5.74) is 0. The molecule has 6 heteroatoms. The molecule has 14 heavy (non-hydrogen) atoms. The van der Waals surface area contributed by atoms with E-state index in [1.807, 2.05) is 0 Å². The highest BCUT2D eigenvalue weighted by molar-refractivity contribution is 8.00. The van der Waals surface area contributed by atoms with Crippen molar-refractivity contribution in [3.8, 4) is 23.4 Å². The minimum atomic E-state index is -3.80. The molecule has 78 valence electrons. The van der Waals surface area contributed by atoms with Crippen molar-refractivity contribution in [2.24, 2.45) is 0 Å². The second-order valence-electron chi connectivity index (χ2n) is 2.59. The highest BCUT2D eigenvalue weighted by Crippen LogP contribution is 2.09. The van der Waals surface area contributed by atoms with Gasteiger partial charge in [0.15, 0.2) is 0 Å². The molecule has 0 aromatic heterocycles. The molecule has 0 saturated heterocycles. The van der Waals surface area contributed by atoms with Crippen LogP contribution in [0.3, 0.4) is 0 Å². The van der Waals surface area contributed by atoms with Gasteiger partial charge in [-0.1, -0.05) is 6.92 Å². The summed E-state index contributed by atoms with van der Waals surface area (Å²) < 4.78 is 44.2. The van der Waals surface area contributed by atoms with Crippen molar-refractivity contribution in [2.75, 3.05) is 5.75 Å². The van der Waals surface area contributed by atoms with Gasteiger partial charge in [0.25, 0.3) is 0 Å². The van der Waals surface area contributed by atoms with Crippen molar-refractivity contribution in [3.05, 3.63) is 0 Å². The van der Waals surface area contributed by atoms with Crippen molar-refractivity contribution in [1.82, 2.24) is 0 Å². The van der Waals surface area contributed by atoms with E-state index in [1.165, 1.54) is 6.92 Å². The average molecular weight is 234 g/mol. The first-order valence-electron chi connectivity index (χ1n) is 3.70. The van der Waals surface area contributed by atoms with Gasteiger partial charge in [-0.15, -0.1) is 12.8 Å². The van der Waals surface area contributed by atoms with Crippen LogP contribution in [0.25, 0.3) is 0 Å². The summed E-state index contributed by atoms with van der Waals surface area (Å²) >= 11 is 0. The molecule has 4 nitrogen and oxygen atoms in total. The van der Waals surface area contributed by atoms with Crippen molar-refractivity contribution in [2.45, 2.75) is 18.6 Å². The summed E-state index contributed by atoms with van der Waals surface area (Å²) in [4.78, 5) is 0. The fourth-order valence-corrected chi connectivity index (χ4v) is 3.52. The summed E-state index contributed by atoms with van der Waals surface area (Å²) in [6.45, 7) is 1.53. The third-order valence-electron chi connectivity index (χ3n) is 1.64. The fraction of sp³-hybridized carbons (Fsp3) is 0.500. The molecule has 0 aliphatic rings. The van der Waals surface area contributed by atoms with Crippen LogP contribution in [0.1, 0.15) is 13.3 Å². The largest absolute Gasteiger partial charge is 0.220 e. The molecule has 0 saturated carbocycles. The van der Waals surface area contributed by atoms with E-state index in [2.05, 4.69) is 0 Å². The summed E-state index contributed by atoms with van der Waals surface area (Å²) in [6, 6.07) is 0. The van der Waals surface area contributed by atoms with E-state index in [1.54, 1.807) is 10.5 Å². The zero-order valence-corrected chi connectivity index (χ0v) is 9.23. The Labute approximate surface area is 84.5 Å². The van der Waals surface area contributed by atoms with Gasteiger partial charge < -0.3 is 0 Å². The highest BCUT2D eigenvalue weighted by atomic mass is 32.2. The maximum atomic E-state index is 11.2. The van der Waals surface area contributed by atoms with Crippen LogP contribution in [-0.2, 0) is 19.7 Å². The Hall–Kier alpha value is -0.980. The number of terminal acetylenes is 2. The topological polar surface area (TPSA) is 68.3 Å². The number of rotatable bonds is 4. The zero-order chi connectivity index (χ0) is 11.4. The highest BCUT2D eigenvalue weighted by Gasteiger charge is 2.26. The molecule has 0 rings (SSSR count). The predicted molar refractivity (Wildman–Crippen MR) is 54.5 cm³/mol. The Morgan fingerprint density at radius 1 is 1.14 bits per heavy atom. The second kappa shape index (κ2) is 4.50. The summed E-state index contributed by atoms with van der Waals surface area (Å²) in [5.74, 6) is -0.619. The lowest BCUT2D eigenvalue weighted by Gasteiger charge is -2.08. The Balaban J connectivity index is 5.04. The van der Waals surface area contributed by atoms with E-state index < -0.39 is 30.7 Å². The smallest absolute Gasteiger partial charge is 0.215 e. The third-order valence-corrected chi connectivity index (χ3v) is 4.76. The van der Waals surface area contributed by atoms with Crippen LogP contribution in [0, 0.1) is 23.4 Å². The fourth-order valence-electron chi connectivity index (χ4n) is 0.816. The zero-order valence-electron chi connectivity index (χ0n) is 7.60. The molecule has 1 atom stereocenters. The van der Waals surface area contributed by atoms with Crippen molar-refractivity contribution >= 4 is 19.7 Å². The lowest BCUT2D eigenvalue weighted by molar-refractivity contribution is 0.582.